The molecule has 16 heteroatoms. The van der Waals surface area contributed by atoms with Crippen LogP contribution in [0.25, 0.3) is 145 Å². The van der Waals surface area contributed by atoms with E-state index in [0.717, 1.165) is 78.7 Å². The molecule has 0 bridgehead atoms. The second kappa shape index (κ2) is 27.5. The Hall–Kier alpha value is -12.0. The van der Waals surface area contributed by atoms with Crippen molar-refractivity contribution in [2.24, 2.45) is 35.2 Å². The monoisotopic (exact) mass is 1420 g/mol. The van der Waals surface area contributed by atoms with Crippen LogP contribution in [-0.2, 0) is 40.8 Å². The largest absolute Gasteiger partial charge is 0.441 e. The van der Waals surface area contributed by atoms with Crippen molar-refractivity contribution in [2.45, 2.75) is 121 Å². The number of fused-ring (bicyclic) bond motifs is 8. The van der Waals surface area contributed by atoms with E-state index in [0.29, 0.717) is 35.4 Å². The van der Waals surface area contributed by atoms with Crippen molar-refractivity contribution in [1.29, 1.82) is 0 Å². The van der Waals surface area contributed by atoms with Gasteiger partial charge in [-0.1, -0.05) is 113 Å². The van der Waals surface area contributed by atoms with Gasteiger partial charge >= 0.3 is 0 Å². The zero-order valence-corrected chi connectivity index (χ0v) is 65.1. The summed E-state index contributed by atoms with van der Waals surface area (Å²) in [4.78, 5) is 17.9. The Bertz CT molecular complexity index is 6420. The first-order valence-electron chi connectivity index (χ1n) is 36.9. The molecule has 0 atom stereocenters. The smallest absolute Gasteiger partial charge is 0.295 e. The summed E-state index contributed by atoms with van der Waals surface area (Å²) in [7, 11) is 10.6. The summed E-state index contributed by atoms with van der Waals surface area (Å²) >= 11 is 0. The van der Waals surface area contributed by atoms with Crippen molar-refractivity contribution in [2.75, 3.05) is 0 Å². The molecule has 0 N–H and O–H groups in total. The Labute approximate surface area is 623 Å². The Morgan fingerprint density at radius 1 is 0.336 bits per heavy atom. The molecule has 0 fully saturated rings. The molecule has 0 spiro atoms. The van der Waals surface area contributed by atoms with Crippen LogP contribution in [0.1, 0.15) is 117 Å². The molecule has 0 aliphatic heterocycles. The van der Waals surface area contributed by atoms with E-state index in [2.05, 4.69) is 356 Å². The highest BCUT2D eigenvalue weighted by Gasteiger charge is 2.36. The second-order valence-corrected chi connectivity index (χ2v) is 30.1. The third-order valence-corrected chi connectivity index (χ3v) is 20.9. The quantitative estimate of drug-likeness (QED) is 0.137. The van der Waals surface area contributed by atoms with Gasteiger partial charge in [-0.25, -0.2) is 47.3 Å². The fourth-order valence-electron chi connectivity index (χ4n) is 15.9. The highest BCUT2D eigenvalue weighted by atomic mass is 16.4. The van der Waals surface area contributed by atoms with Gasteiger partial charge in [0.2, 0.25) is 0 Å². The minimum Gasteiger partial charge on any atom is -0.441 e. The third-order valence-electron chi connectivity index (χ3n) is 20.9. The molecule has 107 heavy (non-hydrogen) atoms. The number of benzene rings is 10. The summed E-state index contributed by atoms with van der Waals surface area (Å²) in [5.74, 6) is 8.21. The van der Waals surface area contributed by atoms with Crippen molar-refractivity contribution in [3.63, 3.8) is 0 Å². The Kier molecular flexibility index (Phi) is 18.1. The predicted octanol–water partition coefficient (Wildman–Crippen LogP) is 20.1. The number of imidazole rings is 4. The van der Waals surface area contributed by atoms with E-state index in [4.69, 9.17) is 17.7 Å². The van der Waals surface area contributed by atoms with Crippen LogP contribution < -0.4 is 18.3 Å². The van der Waals surface area contributed by atoms with E-state index in [1.807, 2.05) is 33.8 Å². The molecular formula is C91H94N12O4+4. The summed E-state index contributed by atoms with van der Waals surface area (Å²) in [6, 6.07) is 68.3. The number of rotatable bonds is 8. The lowest BCUT2D eigenvalue weighted by atomic mass is 9.92. The standard InChI is InChI=1S/C29H32N3O.C23H20N3O.C21H24N3O.C18H18N3O/c1-17(2)21-11-10-12-22(18(3)4)28(21)32-26-14-9-8-13-25(26)31(7)29(32)23-16-27-24(15-19(23)5)30-20(6)33-27;1-15-13-19-22(27-16(2)24-19)14-18(15)23-25(3)20-11-7-8-12-21(20)26(23)17-9-5-4-6-10-17;1-13-11-16-19(25-14(2)22-16)12-15(13)20-23(6)17-9-7-8-10-18(17)24(20)21(3,4)5;1-11-9-14-17(22-12(2)19-14)10-13(11)18-20(3)15-7-5-6-8-16(15)21(18)4/h8-18H,1-7H3;4-14H,1-3H3;7-12H,1-6H3;5-10H,1-4H3/q4*+1. The number of aromatic nitrogens is 12. The summed E-state index contributed by atoms with van der Waals surface area (Å²) in [5, 5.41) is 0. The second-order valence-electron chi connectivity index (χ2n) is 30.1. The van der Waals surface area contributed by atoms with E-state index >= 15 is 0 Å². The predicted molar refractivity (Wildman–Crippen MR) is 429 cm³/mol. The molecule has 8 heterocycles. The van der Waals surface area contributed by atoms with Gasteiger partial charge in [-0.15, -0.1) is 0 Å². The average Bonchev–Trinajstić information content (AvgIpc) is 1.64. The fourth-order valence-corrected chi connectivity index (χ4v) is 15.9. The number of aryl methyl sites for hydroxylation is 13. The van der Waals surface area contributed by atoms with Crippen LogP contribution in [0, 0.1) is 55.4 Å². The zero-order chi connectivity index (χ0) is 75.3. The minimum atomic E-state index is -0.0467. The molecule has 0 saturated carbocycles. The first-order chi connectivity index (χ1) is 51.2. The van der Waals surface area contributed by atoms with Gasteiger partial charge < -0.3 is 17.7 Å². The Morgan fingerprint density at radius 2 is 0.645 bits per heavy atom. The van der Waals surface area contributed by atoms with Crippen LogP contribution in [0.2, 0.25) is 0 Å². The maximum Gasteiger partial charge on any atom is 0.295 e. The van der Waals surface area contributed by atoms with E-state index in [9.17, 15) is 0 Å². The first kappa shape index (κ1) is 70.6. The lowest BCUT2D eigenvalue weighted by Gasteiger charge is -2.18. The Morgan fingerprint density at radius 3 is 1.04 bits per heavy atom. The highest BCUT2D eigenvalue weighted by molar-refractivity contribution is 5.89. The van der Waals surface area contributed by atoms with Gasteiger partial charge in [0.1, 0.15) is 39.0 Å². The molecule has 18 aromatic rings. The normalized spacial score (nSPS) is 11.9. The van der Waals surface area contributed by atoms with Gasteiger partial charge in [0, 0.05) is 38.8 Å². The van der Waals surface area contributed by atoms with Crippen molar-refractivity contribution >= 4 is 88.5 Å². The van der Waals surface area contributed by atoms with Crippen LogP contribution in [0.15, 0.2) is 212 Å². The number of nitrogens with zero attached hydrogens (tertiary/aromatic N) is 12. The van der Waals surface area contributed by atoms with E-state index < -0.39 is 0 Å². The molecule has 0 saturated heterocycles. The molecule has 10 aromatic carbocycles. The minimum absolute atomic E-state index is 0.0467. The zero-order valence-electron chi connectivity index (χ0n) is 65.1. The van der Waals surface area contributed by atoms with Crippen LogP contribution in [0.4, 0.5) is 0 Å². The van der Waals surface area contributed by atoms with Gasteiger partial charge in [0.15, 0.2) is 90.0 Å². The maximum atomic E-state index is 5.94. The van der Waals surface area contributed by atoms with Crippen molar-refractivity contribution in [3.05, 3.63) is 251 Å². The van der Waals surface area contributed by atoms with E-state index in [1.165, 1.54) is 100 Å². The van der Waals surface area contributed by atoms with Gasteiger partial charge in [0.05, 0.1) is 57.5 Å². The average molecular weight is 1420 g/mol. The van der Waals surface area contributed by atoms with Crippen molar-refractivity contribution < 1.29 is 35.9 Å². The molecule has 0 radical (unpaired) electrons. The lowest BCUT2D eigenvalue weighted by Crippen LogP contribution is -2.33. The summed E-state index contributed by atoms with van der Waals surface area (Å²) in [6.07, 6.45) is 0. The third kappa shape index (κ3) is 12.5. The molecule has 18 rings (SSSR count). The van der Waals surface area contributed by atoms with Crippen LogP contribution in [0.5, 0.6) is 0 Å². The van der Waals surface area contributed by atoms with E-state index in [1.54, 1.807) is 0 Å². The maximum absolute atomic E-state index is 5.94. The van der Waals surface area contributed by atoms with E-state index in [-0.39, 0.29) is 5.54 Å². The van der Waals surface area contributed by atoms with Gasteiger partial charge in [-0.05, 0) is 192 Å². The van der Waals surface area contributed by atoms with Crippen LogP contribution >= 0.6 is 0 Å². The number of hydrogen-bond acceptors (Lipinski definition) is 8. The van der Waals surface area contributed by atoms with Crippen LogP contribution in [0.3, 0.4) is 0 Å². The van der Waals surface area contributed by atoms with Crippen molar-refractivity contribution in [1.82, 2.24) is 38.2 Å². The molecule has 8 aromatic heterocycles. The Balaban J connectivity index is 0.000000115. The molecule has 0 aliphatic carbocycles. The number of oxazole rings is 4. The number of hydrogen-bond donors (Lipinski definition) is 0. The van der Waals surface area contributed by atoms with Crippen molar-refractivity contribution in [3.8, 4) is 56.9 Å². The molecular weight excluding hydrogens is 1330 g/mol. The molecule has 0 amide bonds. The summed E-state index contributed by atoms with van der Waals surface area (Å²) in [5.41, 5.74) is 31.1. The lowest BCUT2D eigenvalue weighted by molar-refractivity contribution is -0.634. The molecule has 0 aliphatic rings. The van der Waals surface area contributed by atoms with Gasteiger partial charge in [-0.2, -0.15) is 9.13 Å². The molecule has 0 unspecified atom stereocenters. The summed E-state index contributed by atoms with van der Waals surface area (Å²) < 4.78 is 41.8. The fraction of sp³-hybridized carbons (Fsp3) is 0.253. The topological polar surface area (TPSA) is 139 Å². The van der Waals surface area contributed by atoms with Crippen LogP contribution in [-0.4, -0.2) is 38.2 Å². The SMILES string of the molecule is Cc1nc2cc(C)c(-c3n(-c4c(C(C)C)cccc4C(C)C)c4ccccc4[n+]3C)cc2o1.Cc1nc2cc(C)c(-c3n(-c4ccccc4)c4ccccc4[n+]3C)cc2o1.Cc1nc2cc(C)c(-c3n(C(C)(C)C)c4ccccc4[n+]3C)cc2o1.Cc1nc2cc(C)c(-c3n(C)c4ccccc4[n+]3C)cc2o1. The number of para-hydroxylation sites is 10. The summed E-state index contributed by atoms with van der Waals surface area (Å²) in [6.45, 7) is 32.0. The highest BCUT2D eigenvalue weighted by Crippen LogP contribution is 2.40. The molecule has 538 valence electrons. The molecule has 16 nitrogen and oxygen atoms in total. The first-order valence-corrected chi connectivity index (χ1v) is 36.9. The van der Waals surface area contributed by atoms with Gasteiger partial charge in [-0.3, -0.25) is 0 Å². The van der Waals surface area contributed by atoms with Gasteiger partial charge in [0.25, 0.3) is 23.3 Å².